The van der Waals surface area contributed by atoms with E-state index in [1.54, 1.807) is 36.4 Å². The standard InChI is InChI=1S/C17H12Cl2N2O3S/c1-24-14-4-9(2-3-13(14)22)5-15-16(23)21-17(25-15)20-12-7-10(18)6-11(19)8-12/h2-8,22H,1H3,(H,20,21,23)/b15-5-. The Kier molecular flexibility index (Phi) is 5.22. The Morgan fingerprint density at radius 1 is 1.20 bits per heavy atom. The second-order valence-electron chi connectivity index (χ2n) is 5.04. The third-order valence-electron chi connectivity index (χ3n) is 3.23. The maximum atomic E-state index is 12.1. The Bertz CT molecular complexity index is 893. The van der Waals surface area contributed by atoms with Crippen molar-refractivity contribution >= 4 is 57.8 Å². The van der Waals surface area contributed by atoms with Crippen LogP contribution < -0.4 is 10.1 Å². The molecule has 0 atom stereocenters. The molecule has 1 amide bonds. The molecular weight excluding hydrogens is 383 g/mol. The highest BCUT2D eigenvalue weighted by Crippen LogP contribution is 2.32. The van der Waals surface area contributed by atoms with Gasteiger partial charge in [0, 0.05) is 10.0 Å². The van der Waals surface area contributed by atoms with Gasteiger partial charge in [-0.25, -0.2) is 4.99 Å². The van der Waals surface area contributed by atoms with Crippen LogP contribution in [0.15, 0.2) is 46.3 Å². The molecule has 1 saturated heterocycles. The molecule has 2 aromatic carbocycles. The Morgan fingerprint density at radius 2 is 1.92 bits per heavy atom. The van der Waals surface area contributed by atoms with Gasteiger partial charge in [0.2, 0.25) is 0 Å². The van der Waals surface area contributed by atoms with Crippen LogP contribution in [-0.2, 0) is 4.79 Å². The number of methoxy groups -OCH3 is 1. The number of thioether (sulfide) groups is 1. The second kappa shape index (κ2) is 7.39. The van der Waals surface area contributed by atoms with Crippen molar-refractivity contribution in [1.82, 2.24) is 5.32 Å². The average molecular weight is 395 g/mol. The number of amidine groups is 1. The molecule has 1 aliphatic rings. The van der Waals surface area contributed by atoms with Crippen molar-refractivity contribution < 1.29 is 14.6 Å². The van der Waals surface area contributed by atoms with E-state index in [9.17, 15) is 9.90 Å². The van der Waals surface area contributed by atoms with Crippen molar-refractivity contribution in [2.75, 3.05) is 7.11 Å². The lowest BCUT2D eigenvalue weighted by Crippen LogP contribution is -2.19. The van der Waals surface area contributed by atoms with Gasteiger partial charge in [-0.15, -0.1) is 0 Å². The van der Waals surface area contributed by atoms with E-state index in [2.05, 4.69) is 10.3 Å². The maximum absolute atomic E-state index is 12.1. The van der Waals surface area contributed by atoms with E-state index in [1.165, 1.54) is 24.9 Å². The number of benzene rings is 2. The van der Waals surface area contributed by atoms with E-state index >= 15 is 0 Å². The summed E-state index contributed by atoms with van der Waals surface area (Å²) in [6.07, 6.45) is 1.69. The number of nitrogens with zero attached hydrogens (tertiary/aromatic N) is 1. The van der Waals surface area contributed by atoms with Gasteiger partial charge < -0.3 is 15.2 Å². The van der Waals surface area contributed by atoms with Crippen LogP contribution in [0, 0.1) is 0 Å². The summed E-state index contributed by atoms with van der Waals surface area (Å²) in [4.78, 5) is 16.9. The van der Waals surface area contributed by atoms with Gasteiger partial charge in [0.25, 0.3) is 5.91 Å². The molecule has 5 nitrogen and oxygen atoms in total. The Balaban J connectivity index is 1.86. The molecule has 1 fully saturated rings. The average Bonchev–Trinajstić information content (AvgIpc) is 2.87. The zero-order valence-corrected chi connectivity index (χ0v) is 15.2. The van der Waals surface area contributed by atoms with Crippen LogP contribution in [0.2, 0.25) is 10.0 Å². The number of ether oxygens (including phenoxy) is 1. The molecule has 8 heteroatoms. The molecule has 0 aliphatic carbocycles. The lowest BCUT2D eigenvalue weighted by Gasteiger charge is -2.03. The van der Waals surface area contributed by atoms with Crippen LogP contribution in [0.3, 0.4) is 0 Å². The molecular formula is C17H12Cl2N2O3S. The third kappa shape index (κ3) is 4.28. The van der Waals surface area contributed by atoms with Gasteiger partial charge in [0.05, 0.1) is 17.7 Å². The first kappa shape index (κ1) is 17.7. The molecule has 0 bridgehead atoms. The lowest BCUT2D eigenvalue weighted by atomic mass is 10.2. The van der Waals surface area contributed by atoms with Crippen molar-refractivity contribution in [3.05, 3.63) is 56.9 Å². The van der Waals surface area contributed by atoms with Crippen LogP contribution in [0.25, 0.3) is 6.08 Å². The number of phenolic OH excluding ortho intramolecular Hbond substituents is 1. The second-order valence-corrected chi connectivity index (χ2v) is 6.94. The van der Waals surface area contributed by atoms with E-state index in [4.69, 9.17) is 27.9 Å². The fourth-order valence-corrected chi connectivity index (χ4v) is 3.49. The molecule has 0 aromatic heterocycles. The third-order valence-corrected chi connectivity index (χ3v) is 4.58. The lowest BCUT2D eigenvalue weighted by molar-refractivity contribution is -0.115. The number of phenols is 1. The molecule has 0 saturated carbocycles. The summed E-state index contributed by atoms with van der Waals surface area (Å²) in [5.41, 5.74) is 1.27. The number of hydrogen-bond acceptors (Lipinski definition) is 5. The summed E-state index contributed by atoms with van der Waals surface area (Å²) in [6, 6.07) is 9.74. The summed E-state index contributed by atoms with van der Waals surface area (Å²) >= 11 is 13.1. The molecule has 0 unspecified atom stereocenters. The minimum atomic E-state index is -0.260. The molecule has 1 aliphatic heterocycles. The van der Waals surface area contributed by atoms with E-state index in [0.717, 1.165) is 5.56 Å². The molecule has 25 heavy (non-hydrogen) atoms. The largest absolute Gasteiger partial charge is 0.504 e. The Labute approximate surface area is 158 Å². The van der Waals surface area contributed by atoms with E-state index in [-0.39, 0.29) is 11.7 Å². The fraction of sp³-hybridized carbons (Fsp3) is 0.0588. The van der Waals surface area contributed by atoms with Crippen molar-refractivity contribution in [3.63, 3.8) is 0 Å². The van der Waals surface area contributed by atoms with Crippen LogP contribution in [0.5, 0.6) is 11.5 Å². The molecule has 128 valence electrons. The highest BCUT2D eigenvalue weighted by molar-refractivity contribution is 8.18. The monoisotopic (exact) mass is 394 g/mol. The van der Waals surface area contributed by atoms with Gasteiger partial charge in [-0.3, -0.25) is 4.79 Å². The number of amides is 1. The van der Waals surface area contributed by atoms with E-state index in [0.29, 0.717) is 31.6 Å². The first-order chi connectivity index (χ1) is 11.9. The highest BCUT2D eigenvalue weighted by atomic mass is 35.5. The topological polar surface area (TPSA) is 70.9 Å². The Morgan fingerprint density at radius 3 is 2.60 bits per heavy atom. The zero-order chi connectivity index (χ0) is 18.0. The van der Waals surface area contributed by atoms with Gasteiger partial charge >= 0.3 is 0 Å². The summed E-state index contributed by atoms with van der Waals surface area (Å²) in [5.74, 6) is 0.109. The number of halogens is 2. The summed E-state index contributed by atoms with van der Waals surface area (Å²) in [7, 11) is 1.46. The number of nitrogens with one attached hydrogen (secondary N) is 1. The smallest absolute Gasteiger partial charge is 0.264 e. The predicted octanol–water partition coefficient (Wildman–Crippen LogP) is 4.60. The normalized spacial score (nSPS) is 17.2. The van der Waals surface area contributed by atoms with Gasteiger partial charge in [-0.05, 0) is 53.7 Å². The molecule has 1 heterocycles. The van der Waals surface area contributed by atoms with Crippen LogP contribution in [-0.4, -0.2) is 23.3 Å². The fourth-order valence-electron chi connectivity index (χ4n) is 2.14. The molecule has 0 radical (unpaired) electrons. The predicted molar refractivity (Wildman–Crippen MR) is 102 cm³/mol. The Hall–Kier alpha value is -2.15. The van der Waals surface area contributed by atoms with Crippen molar-refractivity contribution in [1.29, 1.82) is 0 Å². The van der Waals surface area contributed by atoms with E-state index < -0.39 is 0 Å². The first-order valence-corrected chi connectivity index (χ1v) is 8.64. The summed E-state index contributed by atoms with van der Waals surface area (Å²) in [6.45, 7) is 0. The van der Waals surface area contributed by atoms with Crippen LogP contribution >= 0.6 is 35.0 Å². The van der Waals surface area contributed by atoms with Crippen LogP contribution in [0.1, 0.15) is 5.56 Å². The van der Waals surface area contributed by atoms with Gasteiger partial charge in [0.15, 0.2) is 16.7 Å². The number of hydrogen-bond donors (Lipinski definition) is 2. The summed E-state index contributed by atoms with van der Waals surface area (Å²) < 4.78 is 5.06. The molecule has 3 rings (SSSR count). The van der Waals surface area contributed by atoms with E-state index in [1.807, 2.05) is 0 Å². The van der Waals surface area contributed by atoms with Crippen LogP contribution in [0.4, 0.5) is 5.69 Å². The molecule has 2 aromatic rings. The number of aliphatic imine (C=N–C) groups is 1. The minimum Gasteiger partial charge on any atom is -0.504 e. The van der Waals surface area contributed by atoms with Gasteiger partial charge in [-0.2, -0.15) is 0 Å². The van der Waals surface area contributed by atoms with Gasteiger partial charge in [0.1, 0.15) is 0 Å². The van der Waals surface area contributed by atoms with Crippen molar-refractivity contribution in [3.8, 4) is 11.5 Å². The number of rotatable bonds is 3. The highest BCUT2D eigenvalue weighted by Gasteiger charge is 2.24. The number of carbonyl (C=O) groups excluding carboxylic acids is 1. The molecule has 2 N–H and O–H groups in total. The number of carbonyl (C=O) groups is 1. The number of aromatic hydroxyl groups is 1. The maximum Gasteiger partial charge on any atom is 0.264 e. The molecule has 0 spiro atoms. The SMILES string of the molecule is COc1cc(/C=C2\SC(=Nc3cc(Cl)cc(Cl)c3)NC2=O)ccc1O. The van der Waals surface area contributed by atoms with Crippen molar-refractivity contribution in [2.45, 2.75) is 0 Å². The van der Waals surface area contributed by atoms with Gasteiger partial charge in [-0.1, -0.05) is 29.3 Å². The quantitative estimate of drug-likeness (QED) is 0.746. The first-order valence-electron chi connectivity index (χ1n) is 7.07. The zero-order valence-electron chi connectivity index (χ0n) is 12.9. The van der Waals surface area contributed by atoms with Crippen molar-refractivity contribution in [2.24, 2.45) is 4.99 Å². The summed E-state index contributed by atoms with van der Waals surface area (Å²) in [5, 5.41) is 13.7. The minimum absolute atomic E-state index is 0.0354.